The molecule has 1 aliphatic carbocycles. The molecule has 38 heavy (non-hydrogen) atoms. The molecule has 2 aliphatic rings. The van der Waals surface area contributed by atoms with Crippen molar-refractivity contribution in [2.45, 2.75) is 38.0 Å². The molecular weight excluding hydrogens is 480 g/mol. The lowest BCUT2D eigenvalue weighted by molar-refractivity contribution is -0.124. The number of nitrogens with zero attached hydrogens (tertiary/aromatic N) is 6. The number of carbonyl (C=O) groups is 2. The highest BCUT2D eigenvalue weighted by Gasteiger charge is 2.31. The fourth-order valence-electron chi connectivity index (χ4n) is 4.94. The third kappa shape index (κ3) is 4.43. The number of likely N-dealkylation sites (tertiary alicyclic amines) is 1. The molecule has 0 radical (unpaired) electrons. The Morgan fingerprint density at radius 3 is 2.66 bits per heavy atom. The van der Waals surface area contributed by atoms with Crippen LogP contribution in [0.5, 0.6) is 0 Å². The van der Waals surface area contributed by atoms with Gasteiger partial charge in [0.15, 0.2) is 5.82 Å². The number of anilines is 2. The quantitative estimate of drug-likeness (QED) is 0.397. The molecule has 4 aromatic heterocycles. The van der Waals surface area contributed by atoms with Crippen LogP contribution in [-0.2, 0) is 4.79 Å². The number of fused-ring (bicyclic) bond motifs is 1. The van der Waals surface area contributed by atoms with Gasteiger partial charge >= 0.3 is 0 Å². The third-order valence-corrected chi connectivity index (χ3v) is 7.03. The lowest BCUT2D eigenvalue weighted by Crippen LogP contribution is -2.26. The molecule has 10 heteroatoms. The summed E-state index contributed by atoms with van der Waals surface area (Å²) in [5.41, 5.74) is 10.1. The SMILES string of the molecule is CC#CC(=O)N1CCC(c2nc(-c3ccc(C(=O)Nc4cc(C5CC5)ccn4)cn3)n3c(N)nccc23)C1. The van der Waals surface area contributed by atoms with Crippen molar-refractivity contribution in [3.05, 3.63) is 65.7 Å². The van der Waals surface area contributed by atoms with Crippen LogP contribution >= 0.6 is 0 Å². The normalized spacial score (nSPS) is 16.8. The van der Waals surface area contributed by atoms with E-state index < -0.39 is 0 Å². The Hall–Kier alpha value is -4.78. The minimum atomic E-state index is -0.287. The summed E-state index contributed by atoms with van der Waals surface area (Å²) in [6.07, 6.45) is 8.01. The molecule has 2 amide bonds. The standard InChI is InChI=1S/C28H26N8O2/c1-2-3-24(37)35-13-10-20(16-35)25-22-9-12-31-28(29)36(22)26(34-25)21-7-6-19(15-32-21)27(38)33-23-14-18(8-11-30-23)17-4-5-17/h6-9,11-12,14-15,17,20H,4-5,10,13,16H2,1H3,(H2,29,31)(H,30,33,38). The Labute approximate surface area is 219 Å². The largest absolute Gasteiger partial charge is 0.369 e. The molecular formula is C28H26N8O2. The smallest absolute Gasteiger partial charge is 0.298 e. The molecule has 1 atom stereocenters. The van der Waals surface area contributed by atoms with Crippen molar-refractivity contribution in [3.63, 3.8) is 0 Å². The zero-order valence-corrected chi connectivity index (χ0v) is 20.9. The fourth-order valence-corrected chi connectivity index (χ4v) is 4.94. The van der Waals surface area contributed by atoms with Crippen molar-refractivity contribution in [3.8, 4) is 23.4 Å². The van der Waals surface area contributed by atoms with E-state index in [0.717, 1.165) is 17.6 Å². The molecule has 0 bridgehead atoms. The molecule has 4 aromatic rings. The van der Waals surface area contributed by atoms with Gasteiger partial charge in [0.25, 0.3) is 11.8 Å². The topological polar surface area (TPSA) is 131 Å². The summed E-state index contributed by atoms with van der Waals surface area (Å²) in [5.74, 6) is 6.77. The van der Waals surface area contributed by atoms with Crippen LogP contribution in [0.4, 0.5) is 11.8 Å². The number of rotatable bonds is 5. The molecule has 1 aliphatic heterocycles. The molecule has 6 rings (SSSR count). The summed E-state index contributed by atoms with van der Waals surface area (Å²) in [6, 6.07) is 9.24. The van der Waals surface area contributed by atoms with Crippen LogP contribution in [0.2, 0.25) is 0 Å². The van der Waals surface area contributed by atoms with Gasteiger partial charge in [-0.25, -0.2) is 15.0 Å². The lowest BCUT2D eigenvalue weighted by Gasteiger charge is -2.12. The van der Waals surface area contributed by atoms with Crippen molar-refractivity contribution >= 4 is 29.1 Å². The van der Waals surface area contributed by atoms with Gasteiger partial charge in [-0.15, -0.1) is 0 Å². The number of amides is 2. The number of hydrogen-bond acceptors (Lipinski definition) is 7. The van der Waals surface area contributed by atoms with Crippen molar-refractivity contribution in [2.75, 3.05) is 24.1 Å². The molecule has 2 fully saturated rings. The summed E-state index contributed by atoms with van der Waals surface area (Å²) in [4.78, 5) is 44.8. The average molecular weight is 507 g/mol. The predicted molar refractivity (Wildman–Crippen MR) is 142 cm³/mol. The number of carbonyl (C=O) groups excluding carboxylic acids is 2. The Bertz CT molecular complexity index is 1610. The maximum absolute atomic E-state index is 12.9. The van der Waals surface area contributed by atoms with Gasteiger partial charge in [0.1, 0.15) is 11.5 Å². The first-order chi connectivity index (χ1) is 18.5. The molecule has 0 aromatic carbocycles. The summed E-state index contributed by atoms with van der Waals surface area (Å²) >= 11 is 0. The van der Waals surface area contributed by atoms with Gasteiger partial charge in [0.05, 0.1) is 16.8 Å². The van der Waals surface area contributed by atoms with Gasteiger partial charge in [-0.3, -0.25) is 19.0 Å². The number of nitrogens with two attached hydrogens (primary N) is 1. The molecule has 1 saturated carbocycles. The molecule has 1 unspecified atom stereocenters. The fraction of sp³-hybridized carbons (Fsp3) is 0.286. The zero-order chi connectivity index (χ0) is 26.2. The maximum Gasteiger partial charge on any atom is 0.298 e. The van der Waals surface area contributed by atoms with Gasteiger partial charge in [0.2, 0.25) is 5.95 Å². The van der Waals surface area contributed by atoms with E-state index in [4.69, 9.17) is 10.7 Å². The summed E-state index contributed by atoms with van der Waals surface area (Å²) in [6.45, 7) is 2.81. The van der Waals surface area contributed by atoms with Crippen molar-refractivity contribution in [1.82, 2.24) is 29.2 Å². The Balaban J connectivity index is 1.26. The van der Waals surface area contributed by atoms with E-state index in [2.05, 4.69) is 32.1 Å². The van der Waals surface area contributed by atoms with Crippen LogP contribution in [0.25, 0.3) is 17.0 Å². The number of imidazole rings is 1. The summed E-state index contributed by atoms with van der Waals surface area (Å²) < 4.78 is 1.76. The number of nitrogen functional groups attached to an aromatic ring is 1. The third-order valence-electron chi connectivity index (χ3n) is 7.03. The Morgan fingerprint density at radius 1 is 1.05 bits per heavy atom. The Kier molecular flexibility index (Phi) is 5.96. The second kappa shape index (κ2) is 9.59. The van der Waals surface area contributed by atoms with Crippen LogP contribution in [0.15, 0.2) is 48.9 Å². The summed E-state index contributed by atoms with van der Waals surface area (Å²) in [7, 11) is 0. The first-order valence-corrected chi connectivity index (χ1v) is 12.6. The van der Waals surface area contributed by atoms with Gasteiger partial charge in [-0.1, -0.05) is 5.92 Å². The van der Waals surface area contributed by atoms with Crippen molar-refractivity contribution in [1.29, 1.82) is 0 Å². The second-order valence-corrected chi connectivity index (χ2v) is 9.59. The number of aromatic nitrogens is 5. The van der Waals surface area contributed by atoms with Crippen LogP contribution in [0, 0.1) is 11.8 Å². The van der Waals surface area contributed by atoms with Gasteiger partial charge in [-0.2, -0.15) is 0 Å². The number of nitrogens with one attached hydrogen (secondary N) is 1. The monoisotopic (exact) mass is 506 g/mol. The van der Waals surface area contributed by atoms with E-state index in [-0.39, 0.29) is 23.7 Å². The van der Waals surface area contributed by atoms with E-state index in [0.29, 0.717) is 41.9 Å². The first kappa shape index (κ1) is 23.6. The molecule has 190 valence electrons. The molecule has 1 saturated heterocycles. The zero-order valence-electron chi connectivity index (χ0n) is 20.9. The minimum absolute atomic E-state index is 0.0344. The van der Waals surface area contributed by atoms with Crippen LogP contribution in [-0.4, -0.2) is 54.1 Å². The van der Waals surface area contributed by atoms with E-state index in [1.165, 1.54) is 24.6 Å². The van der Waals surface area contributed by atoms with E-state index in [9.17, 15) is 9.59 Å². The van der Waals surface area contributed by atoms with E-state index >= 15 is 0 Å². The maximum atomic E-state index is 12.9. The van der Waals surface area contributed by atoms with Gasteiger partial charge < -0.3 is 16.0 Å². The number of hydrogen-bond donors (Lipinski definition) is 2. The highest BCUT2D eigenvalue weighted by molar-refractivity contribution is 6.03. The number of pyridine rings is 2. The predicted octanol–water partition coefficient (Wildman–Crippen LogP) is 3.24. The van der Waals surface area contributed by atoms with Crippen LogP contribution < -0.4 is 11.1 Å². The van der Waals surface area contributed by atoms with E-state index in [1.54, 1.807) is 40.8 Å². The van der Waals surface area contributed by atoms with Gasteiger partial charge in [0, 0.05) is 37.6 Å². The molecule has 0 spiro atoms. The van der Waals surface area contributed by atoms with Crippen molar-refractivity contribution < 1.29 is 9.59 Å². The highest BCUT2D eigenvalue weighted by atomic mass is 16.2. The second-order valence-electron chi connectivity index (χ2n) is 9.59. The van der Waals surface area contributed by atoms with Crippen LogP contribution in [0.1, 0.15) is 59.6 Å². The lowest BCUT2D eigenvalue weighted by atomic mass is 10.0. The molecule has 5 heterocycles. The average Bonchev–Trinajstić information content (AvgIpc) is 3.53. The summed E-state index contributed by atoms with van der Waals surface area (Å²) in [5, 5.41) is 2.86. The molecule has 10 nitrogen and oxygen atoms in total. The van der Waals surface area contributed by atoms with Gasteiger partial charge in [-0.05, 0) is 73.9 Å². The Morgan fingerprint density at radius 2 is 1.89 bits per heavy atom. The van der Waals surface area contributed by atoms with Crippen LogP contribution in [0.3, 0.4) is 0 Å². The highest BCUT2D eigenvalue weighted by Crippen LogP contribution is 2.40. The van der Waals surface area contributed by atoms with E-state index in [1.807, 2.05) is 18.2 Å². The molecule has 3 N–H and O–H groups in total. The minimum Gasteiger partial charge on any atom is -0.369 e. The first-order valence-electron chi connectivity index (χ1n) is 12.6. The van der Waals surface area contributed by atoms with Crippen molar-refractivity contribution in [2.24, 2.45) is 0 Å².